The summed E-state index contributed by atoms with van der Waals surface area (Å²) < 4.78 is 0. The fourth-order valence-corrected chi connectivity index (χ4v) is 2.20. The van der Waals surface area contributed by atoms with E-state index >= 15 is 0 Å². The van der Waals surface area contributed by atoms with E-state index in [0.29, 0.717) is 11.8 Å². The van der Waals surface area contributed by atoms with Crippen molar-refractivity contribution in [3.63, 3.8) is 0 Å². The first-order valence-corrected chi connectivity index (χ1v) is 5.64. The maximum atomic E-state index is 11.6. The Kier molecular flexibility index (Phi) is 2.52. The summed E-state index contributed by atoms with van der Waals surface area (Å²) in [4.78, 5) is 11.6. The number of carbonyl (C=O) groups is 1. The van der Waals surface area contributed by atoms with Gasteiger partial charge in [0.1, 0.15) is 0 Å². The fraction of sp³-hybridized carbons (Fsp3) is 0.909. The molecule has 0 aromatic carbocycles. The van der Waals surface area contributed by atoms with Gasteiger partial charge in [-0.05, 0) is 37.5 Å². The van der Waals surface area contributed by atoms with Crippen LogP contribution in [0.3, 0.4) is 0 Å². The monoisotopic (exact) mass is 196 g/mol. The Morgan fingerprint density at radius 3 is 2.71 bits per heavy atom. The molecule has 3 nitrogen and oxygen atoms in total. The van der Waals surface area contributed by atoms with Gasteiger partial charge in [0, 0.05) is 18.5 Å². The number of amides is 1. The minimum absolute atomic E-state index is 0.186. The number of rotatable bonds is 3. The normalized spacial score (nSPS) is 34.1. The van der Waals surface area contributed by atoms with Crippen LogP contribution in [-0.4, -0.2) is 18.0 Å². The average molecular weight is 196 g/mol. The van der Waals surface area contributed by atoms with Crippen LogP contribution < -0.4 is 11.1 Å². The Hall–Kier alpha value is -0.570. The van der Waals surface area contributed by atoms with Gasteiger partial charge in [-0.25, -0.2) is 0 Å². The molecule has 14 heavy (non-hydrogen) atoms. The van der Waals surface area contributed by atoms with Gasteiger partial charge in [-0.2, -0.15) is 0 Å². The quantitative estimate of drug-likeness (QED) is 0.712. The third kappa shape index (κ3) is 2.27. The zero-order valence-electron chi connectivity index (χ0n) is 8.88. The van der Waals surface area contributed by atoms with E-state index in [9.17, 15) is 4.79 Å². The molecule has 2 fully saturated rings. The van der Waals surface area contributed by atoms with E-state index in [1.165, 1.54) is 12.8 Å². The van der Waals surface area contributed by atoms with E-state index in [0.717, 1.165) is 19.3 Å². The molecule has 3 heteroatoms. The fourth-order valence-electron chi connectivity index (χ4n) is 2.20. The van der Waals surface area contributed by atoms with E-state index in [1.54, 1.807) is 0 Å². The zero-order valence-corrected chi connectivity index (χ0v) is 8.88. The highest BCUT2D eigenvalue weighted by atomic mass is 16.1. The minimum Gasteiger partial charge on any atom is -0.352 e. The van der Waals surface area contributed by atoms with E-state index in [1.807, 2.05) is 0 Å². The molecule has 3 N–H and O–H groups in total. The van der Waals surface area contributed by atoms with Crippen LogP contribution in [0.1, 0.15) is 45.4 Å². The van der Waals surface area contributed by atoms with Crippen LogP contribution in [0.25, 0.3) is 0 Å². The Morgan fingerprint density at radius 2 is 2.21 bits per heavy atom. The molecule has 1 amide bonds. The molecule has 2 saturated carbocycles. The molecule has 2 unspecified atom stereocenters. The minimum atomic E-state index is 0.186. The van der Waals surface area contributed by atoms with Gasteiger partial charge in [-0.15, -0.1) is 0 Å². The molecule has 0 spiro atoms. The number of nitrogens with two attached hydrogens (primary N) is 1. The molecule has 0 saturated heterocycles. The van der Waals surface area contributed by atoms with Crippen LogP contribution in [0.4, 0.5) is 0 Å². The summed E-state index contributed by atoms with van der Waals surface area (Å²) in [5.74, 6) is 0.201. The molecule has 2 atom stereocenters. The first-order chi connectivity index (χ1) is 6.59. The van der Waals surface area contributed by atoms with Crippen molar-refractivity contribution in [3.8, 4) is 0 Å². The smallest absolute Gasteiger partial charge is 0.220 e. The standard InChI is InChI=1S/C11H20N2O/c1-11(5-6-11)7-10(14)13-9-4-2-3-8(9)12/h8-9H,2-7,12H2,1H3,(H,13,14). The highest BCUT2D eigenvalue weighted by Gasteiger charge is 2.39. The van der Waals surface area contributed by atoms with Crippen LogP contribution >= 0.6 is 0 Å². The van der Waals surface area contributed by atoms with Gasteiger partial charge >= 0.3 is 0 Å². The maximum Gasteiger partial charge on any atom is 0.220 e. The highest BCUT2D eigenvalue weighted by Crippen LogP contribution is 2.48. The van der Waals surface area contributed by atoms with Gasteiger partial charge < -0.3 is 11.1 Å². The molecule has 0 radical (unpaired) electrons. The second-order valence-electron chi connectivity index (χ2n) is 5.26. The molecule has 2 aliphatic carbocycles. The lowest BCUT2D eigenvalue weighted by Crippen LogP contribution is -2.44. The second-order valence-corrected chi connectivity index (χ2v) is 5.26. The first kappa shape index (κ1) is 9.97. The van der Waals surface area contributed by atoms with Crippen molar-refractivity contribution >= 4 is 5.91 Å². The van der Waals surface area contributed by atoms with Gasteiger partial charge in [0.15, 0.2) is 0 Å². The SMILES string of the molecule is CC1(CC(=O)NC2CCCC2N)CC1. The van der Waals surface area contributed by atoms with Crippen molar-refractivity contribution in [2.45, 2.75) is 57.5 Å². The van der Waals surface area contributed by atoms with Crippen molar-refractivity contribution in [3.05, 3.63) is 0 Å². The zero-order chi connectivity index (χ0) is 10.2. The summed E-state index contributed by atoms with van der Waals surface area (Å²) in [5.41, 5.74) is 6.20. The first-order valence-electron chi connectivity index (χ1n) is 5.64. The molecular formula is C11H20N2O. The van der Waals surface area contributed by atoms with E-state index in [-0.39, 0.29) is 18.0 Å². The van der Waals surface area contributed by atoms with Crippen molar-refractivity contribution in [1.82, 2.24) is 5.32 Å². The summed E-state index contributed by atoms with van der Waals surface area (Å²) in [6.45, 7) is 2.18. The summed E-state index contributed by atoms with van der Waals surface area (Å²) in [6, 6.07) is 0.427. The van der Waals surface area contributed by atoms with Gasteiger partial charge in [0.25, 0.3) is 0 Å². The lowest BCUT2D eigenvalue weighted by molar-refractivity contribution is -0.122. The van der Waals surface area contributed by atoms with Crippen molar-refractivity contribution in [1.29, 1.82) is 0 Å². The van der Waals surface area contributed by atoms with Gasteiger partial charge in [-0.1, -0.05) is 6.92 Å². The molecule has 2 aliphatic rings. The highest BCUT2D eigenvalue weighted by molar-refractivity contribution is 5.77. The third-order valence-electron chi connectivity index (χ3n) is 3.61. The lowest BCUT2D eigenvalue weighted by atomic mass is 10.0. The van der Waals surface area contributed by atoms with Crippen LogP contribution in [-0.2, 0) is 4.79 Å². The van der Waals surface area contributed by atoms with Crippen molar-refractivity contribution in [2.24, 2.45) is 11.1 Å². The number of hydrogen-bond acceptors (Lipinski definition) is 2. The predicted molar refractivity (Wildman–Crippen MR) is 55.7 cm³/mol. The molecule has 0 heterocycles. The molecule has 2 rings (SSSR count). The maximum absolute atomic E-state index is 11.6. The largest absolute Gasteiger partial charge is 0.352 e. The molecule has 0 aromatic heterocycles. The summed E-state index contributed by atoms with van der Waals surface area (Å²) in [5, 5.41) is 3.06. The summed E-state index contributed by atoms with van der Waals surface area (Å²) in [6.07, 6.45) is 6.37. The predicted octanol–water partition coefficient (Wildman–Crippen LogP) is 1.17. The summed E-state index contributed by atoms with van der Waals surface area (Å²) >= 11 is 0. The molecule has 0 bridgehead atoms. The van der Waals surface area contributed by atoms with Crippen LogP contribution in [0, 0.1) is 5.41 Å². The lowest BCUT2D eigenvalue weighted by Gasteiger charge is -2.18. The van der Waals surface area contributed by atoms with E-state index < -0.39 is 0 Å². The van der Waals surface area contributed by atoms with Gasteiger partial charge in [0.05, 0.1) is 0 Å². The van der Waals surface area contributed by atoms with Gasteiger partial charge in [-0.3, -0.25) is 4.79 Å². The van der Waals surface area contributed by atoms with Crippen LogP contribution in [0.15, 0.2) is 0 Å². The van der Waals surface area contributed by atoms with Crippen LogP contribution in [0.2, 0.25) is 0 Å². The third-order valence-corrected chi connectivity index (χ3v) is 3.61. The Balaban J connectivity index is 1.76. The van der Waals surface area contributed by atoms with Crippen LogP contribution in [0.5, 0.6) is 0 Å². The molecular weight excluding hydrogens is 176 g/mol. The average Bonchev–Trinajstić information content (AvgIpc) is 2.67. The number of hydrogen-bond donors (Lipinski definition) is 2. The second kappa shape index (κ2) is 3.54. The Labute approximate surface area is 85.4 Å². The van der Waals surface area contributed by atoms with E-state index in [4.69, 9.17) is 5.73 Å². The molecule has 0 aromatic rings. The van der Waals surface area contributed by atoms with Gasteiger partial charge in [0.2, 0.25) is 5.91 Å². The topological polar surface area (TPSA) is 55.1 Å². The number of nitrogens with one attached hydrogen (secondary N) is 1. The van der Waals surface area contributed by atoms with Crippen molar-refractivity contribution < 1.29 is 4.79 Å². The van der Waals surface area contributed by atoms with E-state index in [2.05, 4.69) is 12.2 Å². The molecule has 80 valence electrons. The Bertz CT molecular complexity index is 235. The number of carbonyl (C=O) groups excluding carboxylic acids is 1. The Morgan fingerprint density at radius 1 is 1.50 bits per heavy atom. The molecule has 0 aliphatic heterocycles. The summed E-state index contributed by atoms with van der Waals surface area (Å²) in [7, 11) is 0. The van der Waals surface area contributed by atoms with Crippen molar-refractivity contribution in [2.75, 3.05) is 0 Å².